The molecule has 0 rings (SSSR count). The molecule has 0 aliphatic rings. The van der Waals surface area contributed by atoms with E-state index in [1.54, 1.807) is 11.8 Å². The van der Waals surface area contributed by atoms with E-state index in [9.17, 15) is 4.79 Å². The van der Waals surface area contributed by atoms with Crippen molar-refractivity contribution in [2.45, 2.75) is 12.5 Å². The fourth-order valence-electron chi connectivity index (χ4n) is 0.460. The number of carbonyl (C=O) groups is 1. The molecule has 3 nitrogen and oxygen atoms in total. The highest BCUT2D eigenvalue weighted by Gasteiger charge is 2.13. The van der Waals surface area contributed by atoms with Crippen LogP contribution < -0.4 is 3.53 Å². The molecule has 0 aliphatic heterocycles. The minimum absolute atomic E-state index is 0.395. The van der Waals surface area contributed by atoms with Gasteiger partial charge in [0, 0.05) is 22.9 Å². The molecule has 1 atom stereocenters. The summed E-state index contributed by atoms with van der Waals surface area (Å²) in [5.41, 5.74) is 0. The zero-order valence-corrected chi connectivity index (χ0v) is 8.61. The third-order valence-corrected chi connectivity index (χ3v) is 2.44. The quantitative estimate of drug-likeness (QED) is 0.583. The van der Waals surface area contributed by atoms with Gasteiger partial charge in [-0.2, -0.15) is 11.8 Å². The first-order chi connectivity index (χ1) is 4.72. The number of rotatable bonds is 5. The smallest absolute Gasteiger partial charge is 0.321 e. The van der Waals surface area contributed by atoms with Crippen molar-refractivity contribution in [3.8, 4) is 0 Å². The van der Waals surface area contributed by atoms with Crippen LogP contribution in [0.25, 0.3) is 0 Å². The Hall–Kier alpha value is 0.510. The van der Waals surface area contributed by atoms with Gasteiger partial charge in [0.05, 0.1) is 0 Å². The standard InChI is InChI=1S/C5H10INO2S/c1-10-3-2-4(7-6)5(8)9/h4,7H,2-3H2,1H3,(H,8,9). The highest BCUT2D eigenvalue weighted by Crippen LogP contribution is 2.01. The molecule has 0 saturated carbocycles. The maximum atomic E-state index is 10.4. The molecular formula is C5H10INO2S. The van der Waals surface area contributed by atoms with Gasteiger partial charge in [-0.1, -0.05) is 0 Å². The molecule has 1 unspecified atom stereocenters. The molecule has 0 heterocycles. The van der Waals surface area contributed by atoms with E-state index in [1.807, 2.05) is 29.1 Å². The number of nitrogens with one attached hydrogen (secondary N) is 1. The zero-order chi connectivity index (χ0) is 7.98. The molecule has 0 aliphatic carbocycles. The summed E-state index contributed by atoms with van der Waals surface area (Å²) < 4.78 is 2.69. The number of hydrogen-bond donors (Lipinski definition) is 2. The second-order valence-corrected chi connectivity index (χ2v) is 3.39. The Kier molecular flexibility index (Phi) is 6.55. The molecule has 0 aromatic carbocycles. The zero-order valence-electron chi connectivity index (χ0n) is 5.63. The molecule has 0 aromatic rings. The van der Waals surface area contributed by atoms with Gasteiger partial charge < -0.3 is 5.11 Å². The van der Waals surface area contributed by atoms with Gasteiger partial charge in [-0.05, 0) is 18.4 Å². The van der Waals surface area contributed by atoms with Crippen molar-refractivity contribution in [1.82, 2.24) is 3.53 Å². The van der Waals surface area contributed by atoms with Crippen molar-refractivity contribution in [3.05, 3.63) is 0 Å². The highest BCUT2D eigenvalue weighted by atomic mass is 127. The average Bonchev–Trinajstić information content (AvgIpc) is 1.89. The van der Waals surface area contributed by atoms with Gasteiger partial charge in [-0.3, -0.25) is 4.79 Å². The van der Waals surface area contributed by atoms with Gasteiger partial charge in [0.25, 0.3) is 0 Å². The Morgan fingerprint density at radius 2 is 2.50 bits per heavy atom. The van der Waals surface area contributed by atoms with Crippen LogP contribution in [0.15, 0.2) is 0 Å². The van der Waals surface area contributed by atoms with Gasteiger partial charge in [0.15, 0.2) is 0 Å². The lowest BCUT2D eigenvalue weighted by atomic mass is 10.2. The van der Waals surface area contributed by atoms with E-state index < -0.39 is 12.0 Å². The summed E-state index contributed by atoms with van der Waals surface area (Å²) >= 11 is 3.52. The lowest BCUT2D eigenvalue weighted by Crippen LogP contribution is -2.30. The number of thioether (sulfide) groups is 1. The van der Waals surface area contributed by atoms with Crippen LogP contribution in [-0.2, 0) is 4.79 Å². The monoisotopic (exact) mass is 275 g/mol. The normalized spacial score (nSPS) is 13.0. The molecular weight excluding hydrogens is 265 g/mol. The topological polar surface area (TPSA) is 49.3 Å². The van der Waals surface area contributed by atoms with Gasteiger partial charge in [-0.15, -0.1) is 0 Å². The minimum atomic E-state index is -0.775. The van der Waals surface area contributed by atoms with Crippen molar-refractivity contribution in [2.75, 3.05) is 12.0 Å². The third kappa shape index (κ3) is 4.35. The summed E-state index contributed by atoms with van der Waals surface area (Å²) in [6.45, 7) is 0. The Balaban J connectivity index is 3.50. The number of hydrogen-bond acceptors (Lipinski definition) is 3. The number of carboxylic acid groups (broad SMARTS) is 1. The van der Waals surface area contributed by atoms with Gasteiger partial charge in [0.2, 0.25) is 0 Å². The van der Waals surface area contributed by atoms with Gasteiger partial charge in [0.1, 0.15) is 6.04 Å². The molecule has 2 N–H and O–H groups in total. The Labute approximate surface area is 78.4 Å². The lowest BCUT2D eigenvalue weighted by Gasteiger charge is -2.07. The van der Waals surface area contributed by atoms with Crippen LogP contribution in [0.2, 0.25) is 0 Å². The van der Waals surface area contributed by atoms with E-state index in [2.05, 4.69) is 3.53 Å². The number of halogens is 1. The van der Waals surface area contributed by atoms with Crippen molar-refractivity contribution in [2.24, 2.45) is 0 Å². The van der Waals surface area contributed by atoms with E-state index in [0.717, 1.165) is 5.75 Å². The lowest BCUT2D eigenvalue weighted by molar-refractivity contribution is -0.138. The molecule has 0 fully saturated rings. The minimum Gasteiger partial charge on any atom is -0.480 e. The Morgan fingerprint density at radius 3 is 2.80 bits per heavy atom. The fourth-order valence-corrected chi connectivity index (χ4v) is 1.51. The molecule has 60 valence electrons. The Bertz CT molecular complexity index is 112. The summed E-state index contributed by atoms with van der Waals surface area (Å²) in [7, 11) is 0. The molecule has 0 saturated heterocycles. The molecule has 0 aromatic heterocycles. The van der Waals surface area contributed by atoms with Crippen molar-refractivity contribution in [1.29, 1.82) is 0 Å². The van der Waals surface area contributed by atoms with Crippen LogP contribution in [0.3, 0.4) is 0 Å². The van der Waals surface area contributed by atoms with E-state index in [4.69, 9.17) is 5.11 Å². The van der Waals surface area contributed by atoms with E-state index in [0.29, 0.717) is 6.42 Å². The van der Waals surface area contributed by atoms with E-state index >= 15 is 0 Å². The second kappa shape index (κ2) is 6.23. The first-order valence-electron chi connectivity index (χ1n) is 2.80. The molecule has 5 heteroatoms. The van der Waals surface area contributed by atoms with Crippen LogP contribution in [0.5, 0.6) is 0 Å². The van der Waals surface area contributed by atoms with Crippen LogP contribution in [0, 0.1) is 0 Å². The van der Waals surface area contributed by atoms with Crippen molar-refractivity contribution < 1.29 is 9.90 Å². The number of aliphatic carboxylic acids is 1. The van der Waals surface area contributed by atoms with Crippen LogP contribution in [0.4, 0.5) is 0 Å². The molecule has 0 bridgehead atoms. The molecule has 0 radical (unpaired) electrons. The molecule has 10 heavy (non-hydrogen) atoms. The van der Waals surface area contributed by atoms with Crippen LogP contribution >= 0.6 is 34.6 Å². The predicted molar refractivity (Wildman–Crippen MR) is 51.6 cm³/mol. The highest BCUT2D eigenvalue weighted by molar-refractivity contribution is 14.1. The SMILES string of the molecule is CSCCC(NI)C(=O)O. The maximum absolute atomic E-state index is 10.4. The number of carboxylic acids is 1. The second-order valence-electron chi connectivity index (χ2n) is 1.78. The Morgan fingerprint density at radius 1 is 1.90 bits per heavy atom. The predicted octanol–water partition coefficient (Wildman–Crippen LogP) is 1.13. The summed E-state index contributed by atoms with van der Waals surface area (Å²) in [5.74, 6) is 0.107. The summed E-state index contributed by atoms with van der Waals surface area (Å²) in [4.78, 5) is 10.4. The first-order valence-corrected chi connectivity index (χ1v) is 5.27. The average molecular weight is 275 g/mol. The summed E-state index contributed by atoms with van der Waals surface area (Å²) in [6.07, 6.45) is 2.64. The van der Waals surface area contributed by atoms with Crippen LogP contribution in [0.1, 0.15) is 6.42 Å². The molecule has 0 amide bonds. The third-order valence-electron chi connectivity index (χ3n) is 1.04. The maximum Gasteiger partial charge on any atom is 0.321 e. The van der Waals surface area contributed by atoms with E-state index in [1.165, 1.54) is 0 Å². The van der Waals surface area contributed by atoms with Gasteiger partial charge >= 0.3 is 5.97 Å². The fraction of sp³-hybridized carbons (Fsp3) is 0.800. The first kappa shape index (κ1) is 10.5. The summed E-state index contributed by atoms with van der Waals surface area (Å²) in [6, 6.07) is -0.395. The molecule has 0 spiro atoms. The summed E-state index contributed by atoms with van der Waals surface area (Å²) in [5, 5.41) is 8.52. The van der Waals surface area contributed by atoms with Gasteiger partial charge in [-0.25, -0.2) is 3.53 Å². The van der Waals surface area contributed by atoms with E-state index in [-0.39, 0.29) is 0 Å². The van der Waals surface area contributed by atoms with Crippen molar-refractivity contribution >= 4 is 40.6 Å². The largest absolute Gasteiger partial charge is 0.480 e. The van der Waals surface area contributed by atoms with Crippen molar-refractivity contribution in [3.63, 3.8) is 0 Å². The van der Waals surface area contributed by atoms with Crippen LogP contribution in [-0.4, -0.2) is 29.1 Å².